The molecule has 0 radical (unpaired) electrons. The van der Waals surface area contributed by atoms with E-state index in [2.05, 4.69) is 30.9 Å². The topological polar surface area (TPSA) is 114 Å². The Morgan fingerprint density at radius 1 is 1.14 bits per heavy atom. The zero-order chi connectivity index (χ0) is 19.9. The molecular formula is C19H23N7O2. The van der Waals surface area contributed by atoms with Crippen molar-refractivity contribution in [2.24, 2.45) is 0 Å². The summed E-state index contributed by atoms with van der Waals surface area (Å²) in [6.07, 6.45) is 1.39. The number of rotatable bonds is 8. The predicted octanol–water partition coefficient (Wildman–Crippen LogP) is 1.16. The van der Waals surface area contributed by atoms with Crippen LogP contribution in [0.5, 0.6) is 0 Å². The van der Waals surface area contributed by atoms with Gasteiger partial charge in [0.25, 0.3) is 5.56 Å². The first-order valence-corrected chi connectivity index (χ1v) is 9.11. The Morgan fingerprint density at radius 2 is 1.96 bits per heavy atom. The van der Waals surface area contributed by atoms with Gasteiger partial charge in [-0.25, -0.2) is 9.97 Å². The van der Waals surface area contributed by atoms with Crippen LogP contribution in [0, 0.1) is 6.92 Å². The lowest BCUT2D eigenvalue weighted by Gasteiger charge is -2.10. The fourth-order valence-electron chi connectivity index (χ4n) is 2.72. The first-order valence-electron chi connectivity index (χ1n) is 9.11. The van der Waals surface area contributed by atoms with Gasteiger partial charge in [0.15, 0.2) is 0 Å². The Bertz CT molecular complexity index is 1030. The van der Waals surface area contributed by atoms with Crippen molar-refractivity contribution in [3.8, 4) is 0 Å². The van der Waals surface area contributed by atoms with E-state index in [4.69, 9.17) is 0 Å². The van der Waals surface area contributed by atoms with Gasteiger partial charge in [-0.15, -0.1) is 0 Å². The van der Waals surface area contributed by atoms with Crippen LogP contribution in [-0.4, -0.2) is 45.1 Å². The molecule has 1 amide bonds. The summed E-state index contributed by atoms with van der Waals surface area (Å²) < 4.78 is 1.30. The molecule has 0 fully saturated rings. The van der Waals surface area contributed by atoms with Crippen LogP contribution in [0.4, 0.5) is 11.8 Å². The summed E-state index contributed by atoms with van der Waals surface area (Å²) in [5.74, 6) is 0.990. The van der Waals surface area contributed by atoms with Gasteiger partial charge in [-0.3, -0.25) is 14.2 Å². The van der Waals surface area contributed by atoms with E-state index in [0.717, 1.165) is 18.1 Å². The monoisotopic (exact) mass is 381 g/mol. The maximum atomic E-state index is 12.4. The van der Waals surface area contributed by atoms with E-state index >= 15 is 0 Å². The average Bonchev–Trinajstić information content (AvgIpc) is 2.67. The van der Waals surface area contributed by atoms with Gasteiger partial charge >= 0.3 is 0 Å². The zero-order valence-corrected chi connectivity index (χ0v) is 15.9. The molecule has 3 aromatic rings. The van der Waals surface area contributed by atoms with Gasteiger partial charge in [0.1, 0.15) is 12.4 Å². The normalized spacial score (nSPS) is 10.6. The summed E-state index contributed by atoms with van der Waals surface area (Å²) in [5, 5.41) is 9.49. The van der Waals surface area contributed by atoms with Gasteiger partial charge in [0.05, 0.1) is 17.2 Å². The molecule has 0 saturated heterocycles. The molecule has 146 valence electrons. The minimum absolute atomic E-state index is 0.0812. The summed E-state index contributed by atoms with van der Waals surface area (Å²) in [7, 11) is 0. The van der Waals surface area contributed by atoms with E-state index < -0.39 is 0 Å². The number of aryl methyl sites for hydroxylation is 1. The molecule has 0 unspecified atom stereocenters. The molecular weight excluding hydrogens is 358 g/mol. The van der Waals surface area contributed by atoms with E-state index in [1.54, 1.807) is 18.2 Å². The molecule has 0 bridgehead atoms. The van der Waals surface area contributed by atoms with E-state index in [1.807, 2.05) is 26.0 Å². The second-order valence-corrected chi connectivity index (χ2v) is 6.22. The minimum atomic E-state index is -0.264. The average molecular weight is 381 g/mol. The molecule has 2 aromatic heterocycles. The number of hydrogen-bond acceptors (Lipinski definition) is 7. The third kappa shape index (κ3) is 4.81. The number of nitrogens with one attached hydrogen (secondary N) is 3. The summed E-state index contributed by atoms with van der Waals surface area (Å²) in [5.41, 5.74) is 1.23. The SMILES string of the molecule is CCNc1cc(C)nc(NCCNC(=O)Cn2cnc3ccccc3c2=O)n1. The molecule has 1 aromatic carbocycles. The van der Waals surface area contributed by atoms with Gasteiger partial charge in [-0.2, -0.15) is 4.98 Å². The van der Waals surface area contributed by atoms with Crippen LogP contribution in [0.1, 0.15) is 12.6 Å². The molecule has 0 saturated carbocycles. The van der Waals surface area contributed by atoms with Crippen LogP contribution in [0.25, 0.3) is 10.9 Å². The number of hydrogen-bond donors (Lipinski definition) is 3. The number of carbonyl (C=O) groups is 1. The molecule has 0 spiro atoms. The van der Waals surface area contributed by atoms with Gasteiger partial charge in [-0.1, -0.05) is 12.1 Å². The van der Waals surface area contributed by atoms with Gasteiger partial charge < -0.3 is 16.0 Å². The quantitative estimate of drug-likeness (QED) is 0.502. The second kappa shape index (κ2) is 8.94. The molecule has 9 nitrogen and oxygen atoms in total. The smallest absolute Gasteiger partial charge is 0.261 e. The Kier molecular flexibility index (Phi) is 6.15. The molecule has 0 aliphatic carbocycles. The largest absolute Gasteiger partial charge is 0.370 e. The van der Waals surface area contributed by atoms with Crippen molar-refractivity contribution in [3.05, 3.63) is 52.7 Å². The number of amides is 1. The molecule has 28 heavy (non-hydrogen) atoms. The van der Waals surface area contributed by atoms with Crippen LogP contribution in [0.15, 0.2) is 41.5 Å². The highest BCUT2D eigenvalue weighted by molar-refractivity contribution is 5.78. The summed E-state index contributed by atoms with van der Waals surface area (Å²) >= 11 is 0. The third-order valence-electron chi connectivity index (χ3n) is 3.99. The first-order chi connectivity index (χ1) is 13.6. The maximum absolute atomic E-state index is 12.4. The number of nitrogens with zero attached hydrogens (tertiary/aromatic N) is 4. The molecule has 3 N–H and O–H groups in total. The van der Waals surface area contributed by atoms with Crippen LogP contribution >= 0.6 is 0 Å². The third-order valence-corrected chi connectivity index (χ3v) is 3.99. The predicted molar refractivity (Wildman–Crippen MR) is 108 cm³/mol. The Hall–Kier alpha value is -3.49. The van der Waals surface area contributed by atoms with Crippen molar-refractivity contribution in [2.75, 3.05) is 30.3 Å². The van der Waals surface area contributed by atoms with Gasteiger partial charge in [0, 0.05) is 31.4 Å². The molecule has 2 heterocycles. The molecule has 3 rings (SSSR count). The van der Waals surface area contributed by atoms with Crippen molar-refractivity contribution < 1.29 is 4.79 Å². The maximum Gasteiger partial charge on any atom is 0.261 e. The Labute approximate surface area is 162 Å². The number of aromatic nitrogens is 4. The lowest BCUT2D eigenvalue weighted by atomic mass is 10.2. The highest BCUT2D eigenvalue weighted by atomic mass is 16.2. The molecule has 9 heteroatoms. The number of fused-ring (bicyclic) bond motifs is 1. The molecule has 0 aliphatic rings. The standard InChI is InChI=1S/C19H23N7O2/c1-3-20-16-10-13(2)24-19(25-16)22-9-8-21-17(27)11-26-12-23-15-7-5-4-6-14(15)18(26)28/h4-7,10,12H,3,8-9,11H2,1-2H3,(H,21,27)(H2,20,22,24,25). The summed E-state index contributed by atoms with van der Waals surface area (Å²) in [6, 6.07) is 8.92. The zero-order valence-electron chi connectivity index (χ0n) is 15.9. The number of para-hydroxylation sites is 1. The van der Waals surface area contributed by atoms with Crippen molar-refractivity contribution in [1.82, 2.24) is 24.8 Å². The Morgan fingerprint density at radius 3 is 2.79 bits per heavy atom. The number of anilines is 2. The van der Waals surface area contributed by atoms with E-state index in [9.17, 15) is 9.59 Å². The van der Waals surface area contributed by atoms with E-state index in [-0.39, 0.29) is 18.0 Å². The van der Waals surface area contributed by atoms with E-state index in [1.165, 1.54) is 10.9 Å². The fraction of sp³-hybridized carbons (Fsp3) is 0.316. The fourth-order valence-corrected chi connectivity index (χ4v) is 2.72. The lowest BCUT2D eigenvalue weighted by molar-refractivity contribution is -0.121. The second-order valence-electron chi connectivity index (χ2n) is 6.22. The highest BCUT2D eigenvalue weighted by Gasteiger charge is 2.08. The summed E-state index contributed by atoms with van der Waals surface area (Å²) in [6.45, 7) is 5.42. The van der Waals surface area contributed by atoms with Crippen molar-refractivity contribution >= 4 is 28.6 Å². The minimum Gasteiger partial charge on any atom is -0.370 e. The number of carbonyl (C=O) groups excluding carboxylic acids is 1. The van der Waals surface area contributed by atoms with Gasteiger partial charge in [0.2, 0.25) is 11.9 Å². The van der Waals surface area contributed by atoms with Crippen LogP contribution in [-0.2, 0) is 11.3 Å². The number of benzene rings is 1. The van der Waals surface area contributed by atoms with E-state index in [0.29, 0.717) is 29.9 Å². The van der Waals surface area contributed by atoms with Crippen LogP contribution in [0.2, 0.25) is 0 Å². The van der Waals surface area contributed by atoms with Crippen molar-refractivity contribution in [1.29, 1.82) is 0 Å². The van der Waals surface area contributed by atoms with Crippen molar-refractivity contribution in [3.63, 3.8) is 0 Å². The molecule has 0 aliphatic heterocycles. The summed E-state index contributed by atoms with van der Waals surface area (Å²) in [4.78, 5) is 37.4. The first kappa shape index (κ1) is 19.3. The molecule has 0 atom stereocenters. The lowest BCUT2D eigenvalue weighted by Crippen LogP contribution is -2.35. The highest BCUT2D eigenvalue weighted by Crippen LogP contribution is 2.08. The van der Waals surface area contributed by atoms with Gasteiger partial charge in [-0.05, 0) is 26.0 Å². The van der Waals surface area contributed by atoms with Crippen molar-refractivity contribution in [2.45, 2.75) is 20.4 Å². The Balaban J connectivity index is 1.51. The van der Waals surface area contributed by atoms with Crippen LogP contribution in [0.3, 0.4) is 0 Å². The van der Waals surface area contributed by atoms with Crippen LogP contribution < -0.4 is 21.5 Å².